The van der Waals surface area contributed by atoms with Crippen molar-refractivity contribution >= 4 is 28.9 Å². The quantitative estimate of drug-likeness (QED) is 0.666. The van der Waals surface area contributed by atoms with Crippen LogP contribution in [0.15, 0.2) is 42.5 Å². The van der Waals surface area contributed by atoms with Crippen molar-refractivity contribution in [1.29, 1.82) is 0 Å². The molecular formula is C21H24FN3O3. The minimum absolute atomic E-state index is 0.0587. The van der Waals surface area contributed by atoms with Crippen molar-refractivity contribution in [3.63, 3.8) is 0 Å². The molecule has 3 N–H and O–H groups in total. The lowest BCUT2D eigenvalue weighted by atomic mass is 10.0. The third-order valence-corrected chi connectivity index (χ3v) is 4.83. The van der Waals surface area contributed by atoms with E-state index in [1.54, 1.807) is 17.0 Å². The number of rotatable bonds is 7. The molecule has 1 aliphatic rings. The average Bonchev–Trinajstić information content (AvgIpc) is 2.97. The van der Waals surface area contributed by atoms with Crippen LogP contribution in [0.1, 0.15) is 38.7 Å². The number of benzene rings is 2. The standard InChI is InChI=1S/C21H24FN3O3/c1-3-10-21(12-20(27)28)23-18-9-8-17(11-19(18)24-21)25(14(2)26)13-15-4-6-16(22)7-5-15/h4-9,11,23-24H,3,10,12-13H2,1-2H3,(H,27,28). The maximum atomic E-state index is 13.1. The molecular weight excluding hydrogens is 361 g/mol. The SMILES string of the molecule is CCCC1(CC(=O)O)Nc2ccc(N(Cc3ccc(F)cc3)C(C)=O)cc2N1. The number of carbonyl (C=O) groups is 2. The number of amides is 1. The van der Waals surface area contributed by atoms with Gasteiger partial charge in [0.15, 0.2) is 0 Å². The summed E-state index contributed by atoms with van der Waals surface area (Å²) in [4.78, 5) is 25.2. The Morgan fingerprint density at radius 3 is 2.39 bits per heavy atom. The van der Waals surface area contributed by atoms with Crippen LogP contribution in [0.2, 0.25) is 0 Å². The zero-order valence-electron chi connectivity index (χ0n) is 16.0. The van der Waals surface area contributed by atoms with Crippen molar-refractivity contribution in [2.45, 2.75) is 45.3 Å². The van der Waals surface area contributed by atoms with Gasteiger partial charge in [-0.2, -0.15) is 0 Å². The van der Waals surface area contributed by atoms with Crippen LogP contribution in [0.25, 0.3) is 0 Å². The molecule has 0 aromatic heterocycles. The summed E-state index contributed by atoms with van der Waals surface area (Å²) in [6.45, 7) is 3.80. The van der Waals surface area contributed by atoms with E-state index in [9.17, 15) is 19.1 Å². The third kappa shape index (κ3) is 4.24. The number of hydrogen-bond donors (Lipinski definition) is 3. The molecule has 0 saturated carbocycles. The molecule has 1 unspecified atom stereocenters. The van der Waals surface area contributed by atoms with Crippen LogP contribution in [-0.4, -0.2) is 22.6 Å². The molecule has 0 fully saturated rings. The lowest BCUT2D eigenvalue weighted by Crippen LogP contribution is -2.43. The Labute approximate surface area is 163 Å². The smallest absolute Gasteiger partial charge is 0.307 e. The number of nitrogens with zero attached hydrogens (tertiary/aromatic N) is 1. The second kappa shape index (κ2) is 7.88. The van der Waals surface area contributed by atoms with Gasteiger partial charge in [-0.25, -0.2) is 4.39 Å². The number of fused-ring (bicyclic) bond motifs is 1. The van der Waals surface area contributed by atoms with Crippen molar-refractivity contribution in [1.82, 2.24) is 0 Å². The van der Waals surface area contributed by atoms with Crippen LogP contribution < -0.4 is 15.5 Å². The fraction of sp³-hybridized carbons (Fsp3) is 0.333. The summed E-state index contributed by atoms with van der Waals surface area (Å²) < 4.78 is 13.1. The van der Waals surface area contributed by atoms with E-state index in [2.05, 4.69) is 10.6 Å². The highest BCUT2D eigenvalue weighted by Gasteiger charge is 2.37. The molecule has 1 amide bonds. The van der Waals surface area contributed by atoms with Gasteiger partial charge >= 0.3 is 5.97 Å². The van der Waals surface area contributed by atoms with Gasteiger partial charge in [-0.15, -0.1) is 0 Å². The maximum Gasteiger partial charge on any atom is 0.307 e. The summed E-state index contributed by atoms with van der Waals surface area (Å²) in [5.41, 5.74) is 2.34. The van der Waals surface area contributed by atoms with Crippen molar-refractivity contribution in [3.05, 3.63) is 53.8 Å². The highest BCUT2D eigenvalue weighted by atomic mass is 19.1. The monoisotopic (exact) mass is 385 g/mol. The summed E-state index contributed by atoms with van der Waals surface area (Å²) in [5.74, 6) is -1.35. The summed E-state index contributed by atoms with van der Waals surface area (Å²) in [7, 11) is 0. The number of aliphatic carboxylic acids is 1. The van der Waals surface area contributed by atoms with Crippen molar-refractivity contribution < 1.29 is 19.1 Å². The topological polar surface area (TPSA) is 81.7 Å². The summed E-state index contributed by atoms with van der Waals surface area (Å²) >= 11 is 0. The van der Waals surface area contributed by atoms with Gasteiger partial charge in [0.1, 0.15) is 11.5 Å². The van der Waals surface area contributed by atoms with E-state index >= 15 is 0 Å². The Morgan fingerprint density at radius 2 is 1.79 bits per heavy atom. The molecule has 148 valence electrons. The molecule has 0 aliphatic carbocycles. The van der Waals surface area contributed by atoms with E-state index in [1.165, 1.54) is 19.1 Å². The number of hydrogen-bond acceptors (Lipinski definition) is 4. The van der Waals surface area contributed by atoms with Gasteiger partial charge in [-0.1, -0.05) is 25.5 Å². The largest absolute Gasteiger partial charge is 0.481 e. The number of anilines is 3. The number of carboxylic acid groups (broad SMARTS) is 1. The number of carboxylic acids is 1. The van der Waals surface area contributed by atoms with Crippen LogP contribution in [0.3, 0.4) is 0 Å². The second-order valence-electron chi connectivity index (χ2n) is 7.11. The fourth-order valence-corrected chi connectivity index (χ4v) is 3.60. The predicted molar refractivity (Wildman–Crippen MR) is 107 cm³/mol. The van der Waals surface area contributed by atoms with E-state index in [0.717, 1.165) is 23.4 Å². The van der Waals surface area contributed by atoms with E-state index < -0.39 is 11.6 Å². The summed E-state index contributed by atoms with van der Waals surface area (Å²) in [6.07, 6.45) is 1.41. The number of nitrogens with one attached hydrogen (secondary N) is 2. The third-order valence-electron chi connectivity index (χ3n) is 4.83. The molecule has 0 saturated heterocycles. The van der Waals surface area contributed by atoms with Gasteiger partial charge in [0.05, 0.1) is 24.3 Å². The molecule has 2 aromatic carbocycles. The molecule has 2 aromatic rings. The number of carbonyl (C=O) groups excluding carboxylic acids is 1. The zero-order valence-corrected chi connectivity index (χ0v) is 16.0. The highest BCUT2D eigenvalue weighted by Crippen LogP contribution is 2.40. The van der Waals surface area contributed by atoms with E-state index in [0.29, 0.717) is 18.7 Å². The van der Waals surface area contributed by atoms with E-state index in [-0.39, 0.29) is 18.1 Å². The first kappa shape index (κ1) is 19.7. The van der Waals surface area contributed by atoms with Gasteiger partial charge in [-0.05, 0) is 42.3 Å². The Morgan fingerprint density at radius 1 is 1.11 bits per heavy atom. The Kier molecular flexibility index (Phi) is 5.53. The zero-order chi connectivity index (χ0) is 20.3. The second-order valence-corrected chi connectivity index (χ2v) is 7.11. The normalized spacial score (nSPS) is 17.4. The van der Waals surface area contributed by atoms with Gasteiger partial charge in [0, 0.05) is 12.6 Å². The molecule has 1 atom stereocenters. The number of halogens is 1. The van der Waals surface area contributed by atoms with Crippen LogP contribution in [0.5, 0.6) is 0 Å². The molecule has 1 heterocycles. The Hall–Kier alpha value is -3.09. The van der Waals surface area contributed by atoms with Crippen LogP contribution >= 0.6 is 0 Å². The first-order valence-electron chi connectivity index (χ1n) is 9.27. The van der Waals surface area contributed by atoms with Gasteiger partial charge in [0.2, 0.25) is 5.91 Å². The molecule has 1 aliphatic heterocycles. The van der Waals surface area contributed by atoms with Crippen LogP contribution in [0, 0.1) is 5.82 Å². The van der Waals surface area contributed by atoms with Crippen molar-refractivity contribution in [2.24, 2.45) is 0 Å². The molecule has 6 nitrogen and oxygen atoms in total. The van der Waals surface area contributed by atoms with Crippen molar-refractivity contribution in [2.75, 3.05) is 15.5 Å². The average molecular weight is 385 g/mol. The summed E-state index contributed by atoms with van der Waals surface area (Å²) in [6, 6.07) is 11.5. The molecule has 7 heteroatoms. The molecule has 0 bridgehead atoms. The first-order chi connectivity index (χ1) is 13.3. The highest BCUT2D eigenvalue weighted by molar-refractivity contribution is 5.93. The van der Waals surface area contributed by atoms with Gasteiger partial charge in [0.25, 0.3) is 0 Å². The fourth-order valence-electron chi connectivity index (χ4n) is 3.60. The molecule has 0 radical (unpaired) electrons. The first-order valence-corrected chi connectivity index (χ1v) is 9.27. The lowest BCUT2D eigenvalue weighted by Gasteiger charge is -2.29. The van der Waals surface area contributed by atoms with Crippen LogP contribution in [0.4, 0.5) is 21.5 Å². The van der Waals surface area contributed by atoms with E-state index in [4.69, 9.17) is 0 Å². The molecule has 3 rings (SSSR count). The van der Waals surface area contributed by atoms with Gasteiger partial charge in [-0.3, -0.25) is 9.59 Å². The van der Waals surface area contributed by atoms with E-state index in [1.807, 2.05) is 25.1 Å². The minimum Gasteiger partial charge on any atom is -0.481 e. The van der Waals surface area contributed by atoms with Gasteiger partial charge < -0.3 is 20.6 Å². The predicted octanol–water partition coefficient (Wildman–Crippen LogP) is 4.19. The van der Waals surface area contributed by atoms with Crippen molar-refractivity contribution in [3.8, 4) is 0 Å². The maximum absolute atomic E-state index is 13.1. The molecule has 28 heavy (non-hydrogen) atoms. The Bertz CT molecular complexity index is 885. The summed E-state index contributed by atoms with van der Waals surface area (Å²) in [5, 5.41) is 15.9. The minimum atomic E-state index is -0.886. The Balaban J connectivity index is 1.86. The lowest BCUT2D eigenvalue weighted by molar-refractivity contribution is -0.138. The molecule has 0 spiro atoms. The van der Waals surface area contributed by atoms with Crippen LogP contribution in [-0.2, 0) is 16.1 Å².